The van der Waals surface area contributed by atoms with Crippen LogP contribution in [0.3, 0.4) is 0 Å². The lowest BCUT2D eigenvalue weighted by atomic mass is 10.1. The van der Waals surface area contributed by atoms with Crippen molar-refractivity contribution in [3.05, 3.63) is 62.2 Å². The second kappa shape index (κ2) is 6.83. The zero-order valence-electron chi connectivity index (χ0n) is 12.7. The van der Waals surface area contributed by atoms with Gasteiger partial charge in [0.05, 0.1) is 11.7 Å². The van der Waals surface area contributed by atoms with E-state index < -0.39 is 0 Å². The summed E-state index contributed by atoms with van der Waals surface area (Å²) < 4.78 is 0. The average molecular weight is 363 g/mol. The van der Waals surface area contributed by atoms with Crippen LogP contribution in [0.1, 0.15) is 33.9 Å². The standard InChI is InChI=1S/C17H15ClN2OS2/c1-10(12-4-3-5-14(18)8-12)19-16(21)15-11(2)20-17(23-15)13-6-7-22-9-13/h3-10H,1-2H3,(H,19,21)/t10-/m1/s1. The number of nitrogens with zero attached hydrogens (tertiary/aromatic N) is 1. The van der Waals surface area contributed by atoms with Crippen molar-refractivity contribution in [1.82, 2.24) is 10.3 Å². The van der Waals surface area contributed by atoms with E-state index in [0.717, 1.165) is 21.8 Å². The van der Waals surface area contributed by atoms with Gasteiger partial charge in [-0.3, -0.25) is 4.79 Å². The molecule has 0 saturated carbocycles. The van der Waals surface area contributed by atoms with E-state index in [1.807, 2.05) is 54.9 Å². The molecular weight excluding hydrogens is 348 g/mol. The Labute approximate surface area is 148 Å². The number of carbonyl (C=O) groups is 1. The first-order valence-electron chi connectivity index (χ1n) is 7.11. The number of hydrogen-bond donors (Lipinski definition) is 1. The number of halogens is 1. The maximum atomic E-state index is 12.5. The summed E-state index contributed by atoms with van der Waals surface area (Å²) in [7, 11) is 0. The highest BCUT2D eigenvalue weighted by atomic mass is 35.5. The van der Waals surface area contributed by atoms with Gasteiger partial charge >= 0.3 is 0 Å². The molecule has 3 nitrogen and oxygen atoms in total. The molecular formula is C17H15ClN2OS2. The quantitative estimate of drug-likeness (QED) is 0.682. The van der Waals surface area contributed by atoms with Crippen molar-refractivity contribution in [2.45, 2.75) is 19.9 Å². The van der Waals surface area contributed by atoms with Crippen molar-refractivity contribution in [2.24, 2.45) is 0 Å². The van der Waals surface area contributed by atoms with E-state index in [0.29, 0.717) is 9.90 Å². The molecule has 0 aliphatic heterocycles. The average Bonchev–Trinajstić information content (AvgIpc) is 3.16. The van der Waals surface area contributed by atoms with Crippen molar-refractivity contribution >= 4 is 40.2 Å². The minimum absolute atomic E-state index is 0.103. The Kier molecular flexibility index (Phi) is 4.80. The van der Waals surface area contributed by atoms with Crippen molar-refractivity contribution < 1.29 is 4.79 Å². The number of rotatable bonds is 4. The minimum atomic E-state index is -0.118. The largest absolute Gasteiger partial charge is 0.345 e. The molecule has 2 heterocycles. The van der Waals surface area contributed by atoms with Gasteiger partial charge in [-0.05, 0) is 43.0 Å². The van der Waals surface area contributed by atoms with E-state index in [9.17, 15) is 4.79 Å². The van der Waals surface area contributed by atoms with Gasteiger partial charge in [0.25, 0.3) is 5.91 Å². The van der Waals surface area contributed by atoms with Crippen molar-refractivity contribution in [1.29, 1.82) is 0 Å². The molecule has 0 unspecified atom stereocenters. The van der Waals surface area contributed by atoms with Crippen molar-refractivity contribution in [3.8, 4) is 10.6 Å². The molecule has 0 spiro atoms. The normalized spacial score (nSPS) is 12.1. The Morgan fingerprint density at radius 1 is 1.35 bits per heavy atom. The van der Waals surface area contributed by atoms with Crippen LogP contribution in [0.15, 0.2) is 41.1 Å². The zero-order chi connectivity index (χ0) is 16.4. The summed E-state index contributed by atoms with van der Waals surface area (Å²) in [4.78, 5) is 17.7. The molecule has 0 saturated heterocycles. The van der Waals surface area contributed by atoms with Crippen LogP contribution in [0.2, 0.25) is 5.02 Å². The van der Waals surface area contributed by atoms with Crippen LogP contribution in [0.4, 0.5) is 0 Å². The number of hydrogen-bond acceptors (Lipinski definition) is 4. The monoisotopic (exact) mass is 362 g/mol. The molecule has 1 amide bonds. The third kappa shape index (κ3) is 3.63. The second-order valence-corrected chi connectivity index (χ2v) is 7.41. The maximum Gasteiger partial charge on any atom is 0.263 e. The number of aryl methyl sites for hydroxylation is 1. The van der Waals surface area contributed by atoms with E-state index in [1.54, 1.807) is 11.3 Å². The Morgan fingerprint density at radius 2 is 2.17 bits per heavy atom. The van der Waals surface area contributed by atoms with Crippen LogP contribution in [0.5, 0.6) is 0 Å². The summed E-state index contributed by atoms with van der Waals surface area (Å²) in [5.41, 5.74) is 2.79. The molecule has 1 aromatic carbocycles. The topological polar surface area (TPSA) is 42.0 Å². The molecule has 1 atom stereocenters. The number of thiophene rings is 1. The molecule has 0 aliphatic rings. The summed E-state index contributed by atoms with van der Waals surface area (Å²) in [5.74, 6) is -0.103. The minimum Gasteiger partial charge on any atom is -0.345 e. The van der Waals surface area contributed by atoms with Gasteiger partial charge in [-0.15, -0.1) is 11.3 Å². The molecule has 3 aromatic rings. The molecule has 118 valence electrons. The molecule has 0 bridgehead atoms. The lowest BCUT2D eigenvalue weighted by molar-refractivity contribution is 0.0943. The first-order valence-corrected chi connectivity index (χ1v) is 9.24. The van der Waals surface area contributed by atoms with Gasteiger partial charge < -0.3 is 5.32 Å². The maximum absolute atomic E-state index is 12.5. The van der Waals surface area contributed by atoms with E-state index in [-0.39, 0.29) is 11.9 Å². The third-order valence-corrected chi connectivity index (χ3v) is 5.59. The van der Waals surface area contributed by atoms with Gasteiger partial charge in [-0.2, -0.15) is 11.3 Å². The Morgan fingerprint density at radius 3 is 2.87 bits per heavy atom. The predicted octanol–water partition coefficient (Wildman–Crippen LogP) is 5.32. The lowest BCUT2D eigenvalue weighted by Gasteiger charge is -2.14. The molecule has 2 aromatic heterocycles. The van der Waals surface area contributed by atoms with Crippen LogP contribution < -0.4 is 5.32 Å². The van der Waals surface area contributed by atoms with Gasteiger partial charge in [-0.25, -0.2) is 4.98 Å². The summed E-state index contributed by atoms with van der Waals surface area (Å²) >= 11 is 9.05. The Hall–Kier alpha value is -1.69. The Bertz CT molecular complexity index is 827. The predicted molar refractivity (Wildman–Crippen MR) is 97.5 cm³/mol. The van der Waals surface area contributed by atoms with E-state index in [4.69, 9.17) is 11.6 Å². The highest BCUT2D eigenvalue weighted by Crippen LogP contribution is 2.29. The fraction of sp³-hybridized carbons (Fsp3) is 0.176. The van der Waals surface area contributed by atoms with Crippen molar-refractivity contribution in [3.63, 3.8) is 0 Å². The molecule has 1 N–H and O–H groups in total. The number of aromatic nitrogens is 1. The van der Waals surface area contributed by atoms with Crippen LogP contribution in [-0.2, 0) is 0 Å². The first kappa shape index (κ1) is 16.2. The molecule has 0 aliphatic carbocycles. The first-order chi connectivity index (χ1) is 11.0. The van der Waals surface area contributed by atoms with Gasteiger partial charge in [-0.1, -0.05) is 23.7 Å². The fourth-order valence-corrected chi connectivity index (χ4v) is 4.12. The van der Waals surface area contributed by atoms with Crippen LogP contribution >= 0.6 is 34.3 Å². The van der Waals surface area contributed by atoms with Gasteiger partial charge in [0.1, 0.15) is 9.88 Å². The number of thiazole rings is 1. The SMILES string of the molecule is Cc1nc(-c2ccsc2)sc1C(=O)N[C@H](C)c1cccc(Cl)c1. The number of carbonyl (C=O) groups excluding carboxylic acids is 1. The Balaban J connectivity index is 1.78. The van der Waals surface area contributed by atoms with Gasteiger partial charge in [0, 0.05) is 16.0 Å². The van der Waals surface area contributed by atoms with E-state index in [2.05, 4.69) is 10.3 Å². The number of amides is 1. The van der Waals surface area contributed by atoms with Gasteiger partial charge in [0.15, 0.2) is 0 Å². The zero-order valence-corrected chi connectivity index (χ0v) is 15.1. The highest BCUT2D eigenvalue weighted by Gasteiger charge is 2.18. The molecule has 0 fully saturated rings. The summed E-state index contributed by atoms with van der Waals surface area (Å²) in [5, 5.41) is 8.60. The molecule has 6 heteroatoms. The summed E-state index contributed by atoms with van der Waals surface area (Å²) in [6.45, 7) is 3.81. The van der Waals surface area contributed by atoms with Crippen LogP contribution in [0.25, 0.3) is 10.6 Å². The van der Waals surface area contributed by atoms with Crippen LogP contribution in [0, 0.1) is 6.92 Å². The molecule has 23 heavy (non-hydrogen) atoms. The number of nitrogens with one attached hydrogen (secondary N) is 1. The molecule has 3 rings (SSSR count). The van der Waals surface area contributed by atoms with Crippen molar-refractivity contribution in [2.75, 3.05) is 0 Å². The summed E-state index contributed by atoms with van der Waals surface area (Å²) in [6, 6.07) is 9.41. The van der Waals surface area contributed by atoms with Crippen LogP contribution in [-0.4, -0.2) is 10.9 Å². The van der Waals surface area contributed by atoms with Gasteiger partial charge in [0.2, 0.25) is 0 Å². The smallest absolute Gasteiger partial charge is 0.263 e. The second-order valence-electron chi connectivity index (χ2n) is 5.20. The summed E-state index contributed by atoms with van der Waals surface area (Å²) in [6.07, 6.45) is 0. The third-order valence-electron chi connectivity index (χ3n) is 3.47. The fourth-order valence-electron chi connectivity index (χ4n) is 2.24. The lowest BCUT2D eigenvalue weighted by Crippen LogP contribution is -2.26. The molecule has 0 radical (unpaired) electrons. The van der Waals surface area contributed by atoms with E-state index in [1.165, 1.54) is 11.3 Å². The highest BCUT2D eigenvalue weighted by molar-refractivity contribution is 7.17. The number of benzene rings is 1. The van der Waals surface area contributed by atoms with E-state index >= 15 is 0 Å².